The predicted molar refractivity (Wildman–Crippen MR) is 168 cm³/mol. The maximum atomic E-state index is 13.8. The lowest BCUT2D eigenvalue weighted by molar-refractivity contribution is -0.458. The molecule has 2 spiro atoms. The van der Waals surface area contributed by atoms with E-state index >= 15 is 0 Å². The van der Waals surface area contributed by atoms with Gasteiger partial charge < -0.3 is 44.1 Å². The number of esters is 1. The van der Waals surface area contributed by atoms with Gasteiger partial charge in [0.1, 0.15) is 47.3 Å². The molecule has 0 aromatic heterocycles. The van der Waals surface area contributed by atoms with Gasteiger partial charge >= 0.3 is 11.9 Å². The number of epoxide rings is 1. The largest absolute Gasteiger partial charge is 0.455 e. The fourth-order valence-corrected chi connectivity index (χ4v) is 11.6. The van der Waals surface area contributed by atoms with Gasteiger partial charge in [-0.15, -0.1) is 0 Å². The lowest BCUT2D eigenvalue weighted by atomic mass is 9.51. The van der Waals surface area contributed by atoms with Crippen LogP contribution in [-0.2, 0) is 23.7 Å². The van der Waals surface area contributed by atoms with Crippen LogP contribution in [0.25, 0.3) is 0 Å². The zero-order valence-electron chi connectivity index (χ0n) is 27.8. The molecule has 8 rings (SSSR count). The minimum atomic E-state index is -2.09. The quantitative estimate of drug-likeness (QED) is 0.216. The number of hydrogen-bond acceptors (Lipinski definition) is 10. The van der Waals surface area contributed by atoms with E-state index in [1.807, 2.05) is 19.9 Å². The molecule has 1 aromatic carbocycles. The first-order chi connectivity index (χ1) is 22.3. The molecule has 4 heterocycles. The van der Waals surface area contributed by atoms with E-state index in [2.05, 4.69) is 20.4 Å². The number of aliphatic hydroxyl groups excluding tert-OH is 3. The Morgan fingerprint density at radius 3 is 2.38 bits per heavy atom. The van der Waals surface area contributed by atoms with E-state index in [-0.39, 0.29) is 17.8 Å². The highest BCUT2D eigenvalue weighted by molar-refractivity contribution is 5.89. The number of ether oxygens (including phenoxy) is 5. The average molecular weight is 655 g/mol. The van der Waals surface area contributed by atoms with Crippen LogP contribution in [0.1, 0.15) is 83.0 Å². The third-order valence-electron chi connectivity index (χ3n) is 13.7. The second-order valence-corrected chi connectivity index (χ2v) is 16.0. The maximum absolute atomic E-state index is 13.8. The molecule has 3 bridgehead atoms. The topological polar surface area (TPSA) is 147 Å². The SMILES string of the molecule is C=C(C)[C@]12C[C@@H](C)[C@@]34OC5(O[C@@H]1[C@@H]3[C@@H]1O[C@]1(CO)[C@@H](O)[C@@]1(O)[C@H]4[C@H]([C@H](C)[C@@H]1OC(=O)c1ccccc1)[C@@H](C)CCCCCC[C@@H]5O)O2. The van der Waals surface area contributed by atoms with Crippen LogP contribution in [0.3, 0.4) is 0 Å². The van der Waals surface area contributed by atoms with Gasteiger partial charge in [-0.05, 0) is 61.1 Å². The van der Waals surface area contributed by atoms with E-state index in [0.29, 0.717) is 18.4 Å². The highest BCUT2D eigenvalue weighted by atomic mass is 16.9. The van der Waals surface area contributed by atoms with Crippen molar-refractivity contribution in [3.8, 4) is 0 Å². The summed E-state index contributed by atoms with van der Waals surface area (Å²) in [6.07, 6.45) is 0.0237. The molecule has 0 amide bonds. The minimum absolute atomic E-state index is 0.0521. The molecule has 10 nitrogen and oxygen atoms in total. The molecule has 7 fully saturated rings. The van der Waals surface area contributed by atoms with Crippen LogP contribution < -0.4 is 0 Å². The van der Waals surface area contributed by atoms with Gasteiger partial charge in [-0.1, -0.05) is 77.7 Å². The fourth-order valence-electron chi connectivity index (χ4n) is 11.6. The van der Waals surface area contributed by atoms with Crippen molar-refractivity contribution in [2.24, 2.45) is 35.5 Å². The molecule has 47 heavy (non-hydrogen) atoms. The van der Waals surface area contributed by atoms with Crippen molar-refractivity contribution in [3.05, 3.63) is 48.0 Å². The van der Waals surface area contributed by atoms with Crippen LogP contribution in [0.5, 0.6) is 0 Å². The van der Waals surface area contributed by atoms with Crippen LogP contribution in [0.15, 0.2) is 42.5 Å². The fraction of sp³-hybridized carbons (Fsp3) is 0.757. The summed E-state index contributed by atoms with van der Waals surface area (Å²) in [5.74, 6) is -4.73. The number of carbonyl (C=O) groups is 1. The Kier molecular flexibility index (Phi) is 7.26. The minimum Gasteiger partial charge on any atom is -0.455 e. The van der Waals surface area contributed by atoms with Crippen LogP contribution >= 0.6 is 0 Å². The molecule has 3 saturated carbocycles. The zero-order chi connectivity index (χ0) is 33.3. The molecule has 0 radical (unpaired) electrons. The number of rotatable bonds is 4. The Morgan fingerprint density at radius 2 is 1.70 bits per heavy atom. The van der Waals surface area contributed by atoms with Crippen LogP contribution in [-0.4, -0.2) is 91.9 Å². The van der Waals surface area contributed by atoms with Crippen molar-refractivity contribution in [3.63, 3.8) is 0 Å². The first-order valence-corrected chi connectivity index (χ1v) is 17.7. The summed E-state index contributed by atoms with van der Waals surface area (Å²) in [6.45, 7) is 11.9. The van der Waals surface area contributed by atoms with Crippen LogP contribution in [0.4, 0.5) is 0 Å². The van der Waals surface area contributed by atoms with E-state index in [4.69, 9.17) is 23.7 Å². The zero-order valence-corrected chi connectivity index (χ0v) is 27.8. The van der Waals surface area contributed by atoms with E-state index in [9.17, 15) is 25.2 Å². The molecule has 4 aliphatic heterocycles. The molecule has 1 unspecified atom stereocenters. The first-order valence-electron chi connectivity index (χ1n) is 17.7. The van der Waals surface area contributed by atoms with E-state index in [0.717, 1.165) is 37.7 Å². The Bertz CT molecular complexity index is 1440. The second kappa shape index (κ2) is 10.6. The first kappa shape index (κ1) is 32.3. The smallest absolute Gasteiger partial charge is 0.338 e. The predicted octanol–water partition coefficient (Wildman–Crippen LogP) is 3.49. The van der Waals surface area contributed by atoms with Crippen LogP contribution in [0, 0.1) is 35.5 Å². The van der Waals surface area contributed by atoms with Gasteiger partial charge in [0.05, 0.1) is 17.8 Å². The third-order valence-corrected chi connectivity index (χ3v) is 13.7. The van der Waals surface area contributed by atoms with Gasteiger partial charge in [-0.2, -0.15) is 0 Å². The summed E-state index contributed by atoms with van der Waals surface area (Å²) >= 11 is 0. The number of benzene rings is 1. The molecular formula is C37H50O10. The normalized spacial score (nSPS) is 54.3. The van der Waals surface area contributed by atoms with Crippen molar-refractivity contribution in [1.82, 2.24) is 0 Å². The molecule has 7 aliphatic rings. The number of hydrogen-bond donors (Lipinski definition) is 4. The maximum Gasteiger partial charge on any atom is 0.338 e. The van der Waals surface area contributed by atoms with Gasteiger partial charge in [0, 0.05) is 11.8 Å². The molecule has 3 aliphatic carbocycles. The molecule has 4 saturated heterocycles. The standard InChI is InChI=1S/C37H50O10/c1-19(2)33-17-21(4)36-26-29(33)45-37(46-33,47-36)24(39)16-12-7-6-9-13-20(3)25-22(5)28(43-31(40)23-14-10-8-11-15-23)35(42,27(25)36)32(41)34(18-38)30(26)44-34/h8,10-11,14-15,20-22,24-30,32,38-39,41-42H,1,6-7,9,12-13,16-18H2,2-5H3/t20-,21+,22-,24-,25-,26+,27+,28-,29+,30-,32+,33+,34-,35+,36+,37?/m0/s1. The summed E-state index contributed by atoms with van der Waals surface area (Å²) in [5, 5.41) is 48.9. The van der Waals surface area contributed by atoms with Crippen LogP contribution in [0.2, 0.25) is 0 Å². The number of fused-ring (bicyclic) bond motifs is 1. The summed E-state index contributed by atoms with van der Waals surface area (Å²) in [6, 6.07) is 8.65. The molecule has 10 heteroatoms. The van der Waals surface area contributed by atoms with Crippen molar-refractivity contribution in [2.75, 3.05) is 6.61 Å². The summed E-state index contributed by atoms with van der Waals surface area (Å²) in [7, 11) is 0. The molecule has 16 atom stereocenters. The Hall–Kier alpha value is -1.89. The summed E-state index contributed by atoms with van der Waals surface area (Å²) in [5.41, 5.74) is -4.83. The lowest BCUT2D eigenvalue weighted by Crippen LogP contribution is -2.74. The van der Waals surface area contributed by atoms with Crippen molar-refractivity contribution >= 4 is 5.97 Å². The van der Waals surface area contributed by atoms with E-state index in [1.54, 1.807) is 24.3 Å². The second-order valence-electron chi connectivity index (χ2n) is 16.0. The Morgan fingerprint density at radius 1 is 1.00 bits per heavy atom. The van der Waals surface area contributed by atoms with E-state index < -0.39 is 89.2 Å². The van der Waals surface area contributed by atoms with Crippen molar-refractivity contribution in [1.29, 1.82) is 0 Å². The van der Waals surface area contributed by atoms with Gasteiger partial charge in [0.25, 0.3) is 0 Å². The van der Waals surface area contributed by atoms with Gasteiger partial charge in [0.15, 0.2) is 0 Å². The molecule has 4 N–H and O–H groups in total. The molecule has 1 aromatic rings. The third kappa shape index (κ3) is 3.93. The van der Waals surface area contributed by atoms with E-state index in [1.165, 1.54) is 0 Å². The van der Waals surface area contributed by atoms with Gasteiger partial charge in [0.2, 0.25) is 0 Å². The monoisotopic (exact) mass is 654 g/mol. The Balaban J connectivity index is 1.37. The summed E-state index contributed by atoms with van der Waals surface area (Å²) in [4.78, 5) is 13.8. The van der Waals surface area contributed by atoms with Crippen molar-refractivity contribution < 1.29 is 48.9 Å². The number of aliphatic hydroxyl groups is 4. The van der Waals surface area contributed by atoms with Gasteiger partial charge in [-0.25, -0.2) is 4.79 Å². The lowest BCUT2D eigenvalue weighted by Gasteiger charge is -2.62. The Labute approximate surface area is 276 Å². The molecule has 258 valence electrons. The summed E-state index contributed by atoms with van der Waals surface area (Å²) < 4.78 is 33.7. The highest BCUT2D eigenvalue weighted by Crippen LogP contribution is 2.75. The highest BCUT2D eigenvalue weighted by Gasteiger charge is 2.90. The van der Waals surface area contributed by atoms with Gasteiger partial charge in [-0.3, -0.25) is 0 Å². The van der Waals surface area contributed by atoms with Crippen molar-refractivity contribution in [2.45, 2.75) is 132 Å². The molecular weight excluding hydrogens is 604 g/mol. The number of carbonyl (C=O) groups excluding carboxylic acids is 1. The average Bonchev–Trinajstić information content (AvgIpc) is 3.69.